The van der Waals surface area contributed by atoms with Crippen molar-refractivity contribution in [3.8, 4) is 16.9 Å². The first-order valence-electron chi connectivity index (χ1n) is 7.24. The van der Waals surface area contributed by atoms with Gasteiger partial charge < -0.3 is 15.6 Å². The van der Waals surface area contributed by atoms with Crippen LogP contribution in [0.15, 0.2) is 54.6 Å². The zero-order valence-corrected chi connectivity index (χ0v) is 12.7. The van der Waals surface area contributed by atoms with Crippen LogP contribution in [0.3, 0.4) is 0 Å². The van der Waals surface area contributed by atoms with Gasteiger partial charge in [0.25, 0.3) is 0 Å². The summed E-state index contributed by atoms with van der Waals surface area (Å²) in [6.45, 7) is 0.116. The first-order valence-corrected chi connectivity index (χ1v) is 7.24. The molecule has 0 saturated heterocycles. The number of nitrogens with zero attached hydrogens (tertiary/aromatic N) is 1. The number of aromatic nitrogens is 1. The van der Waals surface area contributed by atoms with Gasteiger partial charge in [-0.05, 0) is 29.8 Å². The zero-order chi connectivity index (χ0) is 16.9. The maximum absolute atomic E-state index is 10.9. The van der Waals surface area contributed by atoms with E-state index in [1.54, 1.807) is 0 Å². The summed E-state index contributed by atoms with van der Waals surface area (Å²) in [5, 5.41) is 8.91. The molecule has 0 aliphatic carbocycles. The van der Waals surface area contributed by atoms with Gasteiger partial charge in [0.15, 0.2) is 5.69 Å². The van der Waals surface area contributed by atoms with Crippen LogP contribution in [0.2, 0.25) is 0 Å². The fraction of sp³-hybridized carbons (Fsp3) is 0.0526. The van der Waals surface area contributed by atoms with Crippen LogP contribution < -0.4 is 10.5 Å². The number of aromatic carboxylic acids is 1. The molecule has 0 spiro atoms. The molecule has 0 atom stereocenters. The minimum Gasteiger partial charge on any atom is -0.487 e. The molecule has 24 heavy (non-hydrogen) atoms. The van der Waals surface area contributed by atoms with Gasteiger partial charge in [0.2, 0.25) is 0 Å². The molecule has 3 N–H and O–H groups in total. The van der Waals surface area contributed by atoms with Crippen molar-refractivity contribution in [2.45, 2.75) is 6.61 Å². The van der Waals surface area contributed by atoms with Crippen LogP contribution >= 0.6 is 0 Å². The summed E-state index contributed by atoms with van der Waals surface area (Å²) in [5.74, 6) is -0.463. The standard InChI is InChI=1S/C19H14N2O3/c20-17-6-2-1-5-16(17)13-8-10-15(11-9-13)24-12-14-4-3-7-18(21-14)19(22)23/h1-2,5-11H,12,20H2,(H,22,23). The summed E-state index contributed by atoms with van der Waals surface area (Å²) in [5.41, 5.74) is 8.94. The third kappa shape index (κ3) is 3.45. The lowest BCUT2D eigenvalue weighted by Gasteiger charge is -2.08. The molecule has 0 saturated carbocycles. The highest BCUT2D eigenvalue weighted by atomic mass is 16.5. The molecule has 0 radical (unpaired) electrons. The number of hydrogen-bond acceptors (Lipinski definition) is 4. The van der Waals surface area contributed by atoms with Gasteiger partial charge in [0, 0.05) is 17.3 Å². The molecule has 1 heterocycles. The van der Waals surface area contributed by atoms with Gasteiger partial charge in [0.1, 0.15) is 18.1 Å². The van der Waals surface area contributed by atoms with Crippen molar-refractivity contribution in [3.05, 3.63) is 78.1 Å². The van der Waals surface area contributed by atoms with E-state index in [4.69, 9.17) is 15.6 Å². The Morgan fingerprint density at radius 2 is 1.92 bits per heavy atom. The largest absolute Gasteiger partial charge is 0.487 e. The van der Waals surface area contributed by atoms with Gasteiger partial charge in [-0.15, -0.1) is 0 Å². The van der Waals surface area contributed by atoms with Crippen LogP contribution in [0.5, 0.6) is 5.75 Å². The smallest absolute Gasteiger partial charge is 0.355 e. The van der Waals surface area contributed by atoms with E-state index >= 15 is 0 Å². The average molecular weight is 318 g/mol. The Bertz CT molecular complexity index is 860. The molecule has 3 rings (SSSR count). The van der Waals surface area contributed by atoms with Gasteiger partial charge in [-0.1, -0.05) is 36.4 Å². The van der Waals surface area contributed by atoms with E-state index in [1.165, 1.54) is 6.07 Å². The molecule has 3 aromatic rings. The summed E-state index contributed by atoms with van der Waals surface area (Å²) in [4.78, 5) is 14.8. The highest BCUT2D eigenvalue weighted by Crippen LogP contribution is 2.27. The number of nitrogen functional groups attached to an aromatic ring is 1. The van der Waals surface area contributed by atoms with Crippen molar-refractivity contribution in [3.63, 3.8) is 0 Å². The van der Waals surface area contributed by atoms with Gasteiger partial charge in [-0.3, -0.25) is 0 Å². The first kappa shape index (κ1) is 15.4. The van der Waals surface area contributed by atoms with E-state index in [2.05, 4.69) is 17.1 Å². The molecule has 0 fully saturated rings. The molecule has 0 aliphatic rings. The third-order valence-corrected chi connectivity index (χ3v) is 3.40. The fourth-order valence-corrected chi connectivity index (χ4v) is 2.21. The Kier molecular flexibility index (Phi) is 4.30. The molecule has 0 amide bonds. The van der Waals surface area contributed by atoms with Gasteiger partial charge in [-0.2, -0.15) is 0 Å². The van der Waals surface area contributed by atoms with E-state index < -0.39 is 5.97 Å². The molecule has 0 bridgehead atoms. The Labute approximate surface area is 139 Å². The average Bonchev–Trinajstić information content (AvgIpc) is 2.61. The van der Waals surface area contributed by atoms with Crippen molar-refractivity contribution < 1.29 is 14.6 Å². The molecule has 118 valence electrons. The number of anilines is 1. The Morgan fingerprint density at radius 1 is 1.17 bits per heavy atom. The van der Waals surface area contributed by atoms with Crippen LogP contribution in [-0.2, 0) is 6.61 Å². The van der Waals surface area contributed by atoms with Crippen LogP contribution in [0.4, 0.5) is 5.69 Å². The predicted molar refractivity (Wildman–Crippen MR) is 89.5 cm³/mol. The lowest BCUT2D eigenvalue weighted by molar-refractivity contribution is 0.0690. The second-order valence-corrected chi connectivity index (χ2v) is 5.06. The van der Waals surface area contributed by atoms with Crippen molar-refractivity contribution in [2.75, 3.05) is 5.73 Å². The topological polar surface area (TPSA) is 85.4 Å². The van der Waals surface area contributed by atoms with E-state index in [-0.39, 0.29) is 12.3 Å². The molecule has 5 nitrogen and oxygen atoms in total. The van der Waals surface area contributed by atoms with Crippen molar-refractivity contribution >= 4 is 11.7 Å². The van der Waals surface area contributed by atoms with Crippen LogP contribution in [0, 0.1) is 12.1 Å². The van der Waals surface area contributed by atoms with Gasteiger partial charge >= 0.3 is 5.97 Å². The number of carboxylic acid groups (broad SMARTS) is 1. The quantitative estimate of drug-likeness (QED) is 0.706. The molecule has 1 aromatic heterocycles. The Morgan fingerprint density at radius 3 is 2.62 bits per heavy atom. The number of ether oxygens (including phenoxy) is 1. The first-order chi connectivity index (χ1) is 11.6. The highest BCUT2D eigenvalue weighted by Gasteiger charge is 2.06. The predicted octanol–water partition coefficient (Wildman–Crippen LogP) is 3.21. The van der Waals surface area contributed by atoms with Crippen molar-refractivity contribution in [1.29, 1.82) is 0 Å². The summed E-state index contributed by atoms with van der Waals surface area (Å²) < 4.78 is 5.61. The molecule has 0 aliphatic heterocycles. The maximum Gasteiger partial charge on any atom is 0.355 e. The minimum absolute atomic E-state index is 0.0812. The van der Waals surface area contributed by atoms with Gasteiger partial charge in [-0.25, -0.2) is 9.78 Å². The second kappa shape index (κ2) is 6.71. The number of hydrogen-bond donors (Lipinski definition) is 2. The number of carboxylic acids is 1. The number of para-hydroxylation sites is 1. The molecule has 5 heteroatoms. The monoisotopic (exact) mass is 318 g/mol. The number of carbonyl (C=O) groups is 1. The summed E-state index contributed by atoms with van der Waals surface area (Å²) in [6, 6.07) is 21.7. The summed E-state index contributed by atoms with van der Waals surface area (Å²) >= 11 is 0. The lowest BCUT2D eigenvalue weighted by atomic mass is 10.0. The molecule has 0 unspecified atom stereocenters. The van der Waals surface area contributed by atoms with Crippen LogP contribution in [0.25, 0.3) is 11.1 Å². The molecular formula is C19H14N2O3. The number of nitrogens with two attached hydrogens (primary N) is 1. The van der Waals surface area contributed by atoms with E-state index in [1.807, 2.05) is 48.5 Å². The lowest BCUT2D eigenvalue weighted by Crippen LogP contribution is -2.04. The SMILES string of the molecule is Nc1ccccc1-c1ccc(OCc2c#ccc(C(=O)O)n2)cc1. The number of benzene rings is 2. The zero-order valence-electron chi connectivity index (χ0n) is 12.7. The van der Waals surface area contributed by atoms with E-state index in [0.29, 0.717) is 17.1 Å². The minimum atomic E-state index is -1.11. The van der Waals surface area contributed by atoms with Crippen LogP contribution in [0.1, 0.15) is 16.2 Å². The van der Waals surface area contributed by atoms with Crippen molar-refractivity contribution in [2.24, 2.45) is 0 Å². The van der Waals surface area contributed by atoms with Crippen LogP contribution in [-0.4, -0.2) is 16.1 Å². The molecular weight excluding hydrogens is 304 g/mol. The second-order valence-electron chi connectivity index (χ2n) is 5.06. The fourth-order valence-electron chi connectivity index (χ4n) is 2.21. The Balaban J connectivity index is 1.70. The summed E-state index contributed by atoms with van der Waals surface area (Å²) in [6.07, 6.45) is 0. The normalized spacial score (nSPS) is 10.0. The van der Waals surface area contributed by atoms with Gasteiger partial charge in [0.05, 0.1) is 0 Å². The number of rotatable bonds is 5. The third-order valence-electron chi connectivity index (χ3n) is 3.40. The Hall–Kier alpha value is -3.52. The maximum atomic E-state index is 10.9. The van der Waals surface area contributed by atoms with Crippen molar-refractivity contribution in [1.82, 2.24) is 4.98 Å². The summed E-state index contributed by atoms with van der Waals surface area (Å²) in [7, 11) is 0. The van der Waals surface area contributed by atoms with E-state index in [9.17, 15) is 4.79 Å². The highest BCUT2D eigenvalue weighted by molar-refractivity contribution is 5.85. The van der Waals surface area contributed by atoms with E-state index in [0.717, 1.165) is 11.1 Å². The molecule has 2 aromatic carbocycles.